The summed E-state index contributed by atoms with van der Waals surface area (Å²) in [5, 5.41) is 2.93. The minimum absolute atomic E-state index is 0.944. The summed E-state index contributed by atoms with van der Waals surface area (Å²) in [4.78, 5) is 1.94. The first-order valence-electron chi connectivity index (χ1n) is 3.09. The lowest BCUT2D eigenvalue weighted by molar-refractivity contribution is 0.556. The van der Waals surface area contributed by atoms with Crippen LogP contribution in [0.15, 0.2) is 37.3 Å². The number of hydrogen-bond donors (Lipinski definition) is 1. The Hall–Kier alpha value is -1.18. The van der Waals surface area contributed by atoms with Crippen LogP contribution in [0.5, 0.6) is 0 Å². The van der Waals surface area contributed by atoms with Crippen molar-refractivity contribution >= 4 is 0 Å². The zero-order valence-corrected chi connectivity index (χ0v) is 6.59. The largest absolute Gasteiger partial charge is 0.382 e. The summed E-state index contributed by atoms with van der Waals surface area (Å²) in [6.45, 7) is 7.16. The summed E-state index contributed by atoms with van der Waals surface area (Å²) in [6.07, 6.45) is 5.29. The van der Waals surface area contributed by atoms with E-state index < -0.39 is 0 Å². The van der Waals surface area contributed by atoms with Gasteiger partial charge >= 0.3 is 0 Å². The molecular formula is C8H14N2. The van der Waals surface area contributed by atoms with Crippen molar-refractivity contribution in [1.29, 1.82) is 0 Å². The molecule has 2 heteroatoms. The van der Waals surface area contributed by atoms with Crippen molar-refractivity contribution in [2.75, 3.05) is 14.1 Å². The second kappa shape index (κ2) is 4.68. The fourth-order valence-corrected chi connectivity index (χ4v) is 0.545. The van der Waals surface area contributed by atoms with Crippen LogP contribution >= 0.6 is 0 Å². The molecule has 1 N–H and O–H groups in total. The summed E-state index contributed by atoms with van der Waals surface area (Å²) in [7, 11) is 3.91. The molecule has 0 aliphatic rings. The van der Waals surface area contributed by atoms with E-state index in [9.17, 15) is 0 Å². The van der Waals surface area contributed by atoms with Gasteiger partial charge in [-0.05, 0) is 12.3 Å². The van der Waals surface area contributed by atoms with Gasteiger partial charge in [0.05, 0.1) is 5.70 Å². The summed E-state index contributed by atoms with van der Waals surface area (Å²) in [5.74, 6) is 0. The van der Waals surface area contributed by atoms with E-state index in [2.05, 4.69) is 18.5 Å². The molecule has 0 saturated heterocycles. The molecule has 0 fully saturated rings. The molecular weight excluding hydrogens is 124 g/mol. The van der Waals surface area contributed by atoms with Gasteiger partial charge in [-0.15, -0.1) is 0 Å². The average molecular weight is 138 g/mol. The van der Waals surface area contributed by atoms with Gasteiger partial charge in [0, 0.05) is 20.3 Å². The minimum atomic E-state index is 0.944. The van der Waals surface area contributed by atoms with Crippen molar-refractivity contribution in [2.24, 2.45) is 0 Å². The van der Waals surface area contributed by atoms with Crippen LogP contribution in [0.2, 0.25) is 0 Å². The Kier molecular flexibility index (Phi) is 4.12. The zero-order valence-electron chi connectivity index (χ0n) is 6.59. The topological polar surface area (TPSA) is 15.3 Å². The molecule has 0 heterocycles. The Morgan fingerprint density at radius 3 is 2.30 bits per heavy atom. The standard InChI is InChI=1S/C8H14N2/c1-5-8(9-6-2)7-10(3)4/h5-7,9H,1-2H2,3-4H3/b8-7-. The number of rotatable bonds is 4. The van der Waals surface area contributed by atoms with Gasteiger partial charge in [0.25, 0.3) is 0 Å². The van der Waals surface area contributed by atoms with Gasteiger partial charge in [0.1, 0.15) is 0 Å². The van der Waals surface area contributed by atoms with Gasteiger partial charge in [-0.3, -0.25) is 0 Å². The number of nitrogens with zero attached hydrogens (tertiary/aromatic N) is 1. The molecule has 0 aliphatic carbocycles. The number of allylic oxidation sites excluding steroid dienone is 1. The number of hydrogen-bond acceptors (Lipinski definition) is 2. The molecule has 0 bridgehead atoms. The number of nitrogens with one attached hydrogen (secondary N) is 1. The Morgan fingerprint density at radius 1 is 1.40 bits per heavy atom. The lowest BCUT2D eigenvalue weighted by Crippen LogP contribution is -2.08. The molecule has 10 heavy (non-hydrogen) atoms. The van der Waals surface area contributed by atoms with E-state index in [-0.39, 0.29) is 0 Å². The lowest BCUT2D eigenvalue weighted by Gasteiger charge is -2.07. The van der Waals surface area contributed by atoms with Crippen LogP contribution in [0.25, 0.3) is 0 Å². The van der Waals surface area contributed by atoms with Crippen LogP contribution in [0, 0.1) is 0 Å². The van der Waals surface area contributed by atoms with Crippen molar-refractivity contribution in [3.8, 4) is 0 Å². The molecule has 0 radical (unpaired) electrons. The highest BCUT2D eigenvalue weighted by Crippen LogP contribution is 1.90. The highest BCUT2D eigenvalue weighted by molar-refractivity contribution is 5.14. The Balaban J connectivity index is 4.02. The lowest BCUT2D eigenvalue weighted by atomic mass is 10.4. The molecule has 0 aromatic heterocycles. The molecule has 0 atom stereocenters. The SMILES string of the molecule is C=CN/C(C=C)=C\N(C)C. The second-order valence-corrected chi connectivity index (χ2v) is 2.10. The van der Waals surface area contributed by atoms with Crippen LogP contribution in [-0.4, -0.2) is 19.0 Å². The van der Waals surface area contributed by atoms with Gasteiger partial charge in [-0.25, -0.2) is 0 Å². The second-order valence-electron chi connectivity index (χ2n) is 2.10. The fraction of sp³-hybridized carbons (Fsp3) is 0.250. The molecule has 0 unspecified atom stereocenters. The monoisotopic (exact) mass is 138 g/mol. The van der Waals surface area contributed by atoms with Gasteiger partial charge in [-0.2, -0.15) is 0 Å². The summed E-state index contributed by atoms with van der Waals surface area (Å²) < 4.78 is 0. The Bertz CT molecular complexity index is 145. The maximum absolute atomic E-state index is 3.63. The predicted octanol–water partition coefficient (Wildman–Crippen LogP) is 1.31. The molecule has 0 aliphatic heterocycles. The fourth-order valence-electron chi connectivity index (χ4n) is 0.545. The van der Waals surface area contributed by atoms with Crippen LogP contribution in [-0.2, 0) is 0 Å². The zero-order chi connectivity index (χ0) is 7.98. The van der Waals surface area contributed by atoms with Crippen molar-refractivity contribution < 1.29 is 0 Å². The van der Waals surface area contributed by atoms with E-state index in [1.165, 1.54) is 0 Å². The van der Waals surface area contributed by atoms with Crippen LogP contribution in [0.4, 0.5) is 0 Å². The molecule has 0 aromatic carbocycles. The summed E-state index contributed by atoms with van der Waals surface area (Å²) in [6, 6.07) is 0. The van der Waals surface area contributed by atoms with E-state index in [1.807, 2.05) is 25.2 Å². The maximum Gasteiger partial charge on any atom is 0.0535 e. The van der Waals surface area contributed by atoms with E-state index in [1.54, 1.807) is 12.3 Å². The third-order valence-electron chi connectivity index (χ3n) is 0.886. The normalized spacial score (nSPS) is 10.4. The first kappa shape index (κ1) is 8.82. The Labute approximate surface area is 62.5 Å². The molecule has 0 spiro atoms. The van der Waals surface area contributed by atoms with Crippen LogP contribution < -0.4 is 5.32 Å². The Morgan fingerprint density at radius 2 is 2.00 bits per heavy atom. The first-order valence-corrected chi connectivity index (χ1v) is 3.09. The third-order valence-corrected chi connectivity index (χ3v) is 0.886. The van der Waals surface area contributed by atoms with Crippen LogP contribution in [0.1, 0.15) is 0 Å². The van der Waals surface area contributed by atoms with Crippen molar-refractivity contribution in [3.63, 3.8) is 0 Å². The molecule has 2 nitrogen and oxygen atoms in total. The highest BCUT2D eigenvalue weighted by atomic mass is 15.0. The van der Waals surface area contributed by atoms with Gasteiger partial charge in [0.15, 0.2) is 0 Å². The van der Waals surface area contributed by atoms with Crippen molar-refractivity contribution in [1.82, 2.24) is 10.2 Å². The smallest absolute Gasteiger partial charge is 0.0535 e. The van der Waals surface area contributed by atoms with Gasteiger partial charge in [-0.1, -0.05) is 13.2 Å². The quantitative estimate of drug-likeness (QED) is 0.589. The van der Waals surface area contributed by atoms with E-state index in [4.69, 9.17) is 0 Å². The van der Waals surface area contributed by atoms with Gasteiger partial charge in [0.2, 0.25) is 0 Å². The summed E-state index contributed by atoms with van der Waals surface area (Å²) in [5.41, 5.74) is 0.944. The molecule has 0 amide bonds. The minimum Gasteiger partial charge on any atom is -0.382 e. The molecule has 56 valence electrons. The van der Waals surface area contributed by atoms with Gasteiger partial charge < -0.3 is 10.2 Å². The molecule has 0 aromatic rings. The molecule has 0 saturated carbocycles. The molecule has 0 rings (SSSR count). The van der Waals surface area contributed by atoms with Crippen LogP contribution in [0.3, 0.4) is 0 Å². The average Bonchev–Trinajstić information content (AvgIpc) is 1.86. The van der Waals surface area contributed by atoms with Crippen molar-refractivity contribution in [3.05, 3.63) is 37.3 Å². The van der Waals surface area contributed by atoms with E-state index >= 15 is 0 Å². The maximum atomic E-state index is 3.63. The van der Waals surface area contributed by atoms with E-state index in [0.717, 1.165) is 5.70 Å². The van der Waals surface area contributed by atoms with Crippen molar-refractivity contribution in [2.45, 2.75) is 0 Å². The third kappa shape index (κ3) is 3.78. The highest BCUT2D eigenvalue weighted by Gasteiger charge is 1.85. The summed E-state index contributed by atoms with van der Waals surface area (Å²) >= 11 is 0. The predicted molar refractivity (Wildman–Crippen MR) is 45.3 cm³/mol. The van der Waals surface area contributed by atoms with E-state index in [0.29, 0.717) is 0 Å². The first-order chi connectivity index (χ1) is 4.70.